The van der Waals surface area contributed by atoms with Crippen molar-refractivity contribution in [3.05, 3.63) is 84.5 Å². The van der Waals surface area contributed by atoms with E-state index in [4.69, 9.17) is 10.5 Å². The van der Waals surface area contributed by atoms with Crippen LogP contribution in [0.1, 0.15) is 24.6 Å². The molecule has 0 fully saturated rings. The first-order valence-electron chi connectivity index (χ1n) is 12.2. The average molecular weight is 542 g/mol. The number of alkyl halides is 2. The van der Waals surface area contributed by atoms with Gasteiger partial charge in [0.1, 0.15) is 23.5 Å². The number of hydrogen-bond acceptors (Lipinski definition) is 7. The molecule has 5 rings (SSSR count). The summed E-state index contributed by atoms with van der Waals surface area (Å²) < 4.78 is 36.6. The van der Waals surface area contributed by atoms with Gasteiger partial charge in [-0.2, -0.15) is 0 Å². The first-order valence-corrected chi connectivity index (χ1v) is 12.2. The molecule has 3 heterocycles. The molecular weight excluding hydrogens is 516 g/mol. The number of aryl methyl sites for hydroxylation is 2. The number of aromatic nitrogens is 5. The molecule has 0 saturated heterocycles. The van der Waals surface area contributed by atoms with Crippen LogP contribution in [0.15, 0.2) is 73.2 Å². The predicted molar refractivity (Wildman–Crippen MR) is 149 cm³/mol. The van der Waals surface area contributed by atoms with E-state index in [1.807, 2.05) is 0 Å². The molecule has 3 aromatic heterocycles. The normalized spacial score (nSPS) is 11.2. The lowest BCUT2D eigenvalue weighted by molar-refractivity contribution is -0.112. The Morgan fingerprint density at radius 2 is 1.85 bits per heavy atom. The van der Waals surface area contributed by atoms with Crippen LogP contribution in [-0.4, -0.2) is 30.4 Å². The standard InChI is InChI=1S/C29H25F2N7O2/c1-15(2)28(39)37-18-7-5-17(6-8-18)24-22(23-26(32)34-14-35-27(23)38(24)4)20-10-9-19(13-21(20)25(30)31)40-29-33-12-11-16(3)36-29/h5-14,25H,1H2,2-4H3,(H,37,39)(H2,32,34,35). The molecule has 3 N–H and O–H groups in total. The van der Waals surface area contributed by atoms with E-state index in [0.29, 0.717) is 44.8 Å². The molecule has 0 unspecified atom stereocenters. The molecule has 202 valence electrons. The van der Waals surface area contributed by atoms with Gasteiger partial charge in [0.25, 0.3) is 12.3 Å². The topological polar surface area (TPSA) is 121 Å². The number of fused-ring (bicyclic) bond motifs is 1. The van der Waals surface area contributed by atoms with Crippen LogP contribution in [0.5, 0.6) is 11.8 Å². The zero-order chi connectivity index (χ0) is 28.6. The second-order valence-electron chi connectivity index (χ2n) is 9.18. The van der Waals surface area contributed by atoms with E-state index in [-0.39, 0.29) is 34.6 Å². The van der Waals surface area contributed by atoms with Gasteiger partial charge in [0, 0.05) is 41.3 Å². The fourth-order valence-corrected chi connectivity index (χ4v) is 4.42. The SMILES string of the molecule is C=C(C)C(=O)Nc1ccc(-c2c(-c3ccc(Oc4nccc(C)n4)cc3C(F)F)c3c(N)ncnc3n2C)cc1. The maximum atomic E-state index is 14.6. The molecule has 0 spiro atoms. The zero-order valence-corrected chi connectivity index (χ0v) is 21.9. The molecule has 11 heteroatoms. The highest BCUT2D eigenvalue weighted by molar-refractivity contribution is 6.08. The van der Waals surface area contributed by atoms with Crippen molar-refractivity contribution in [3.8, 4) is 34.1 Å². The quantitative estimate of drug-likeness (QED) is 0.234. The number of nitrogens with two attached hydrogens (primary N) is 1. The lowest BCUT2D eigenvalue weighted by atomic mass is 9.94. The van der Waals surface area contributed by atoms with Gasteiger partial charge in [-0.25, -0.2) is 28.7 Å². The lowest BCUT2D eigenvalue weighted by Crippen LogP contribution is -2.11. The zero-order valence-electron chi connectivity index (χ0n) is 21.9. The molecular formula is C29H25F2N7O2. The summed E-state index contributed by atoms with van der Waals surface area (Å²) >= 11 is 0. The predicted octanol–water partition coefficient (Wildman–Crippen LogP) is 6.23. The van der Waals surface area contributed by atoms with Gasteiger partial charge >= 0.3 is 6.01 Å². The Kier molecular flexibility index (Phi) is 6.95. The third-order valence-electron chi connectivity index (χ3n) is 6.31. The van der Waals surface area contributed by atoms with Crippen LogP contribution in [0, 0.1) is 6.92 Å². The summed E-state index contributed by atoms with van der Waals surface area (Å²) in [5, 5.41) is 3.20. The summed E-state index contributed by atoms with van der Waals surface area (Å²) in [4.78, 5) is 28.8. The second-order valence-corrected chi connectivity index (χ2v) is 9.18. The number of nitrogens with zero attached hydrogens (tertiary/aromatic N) is 5. The van der Waals surface area contributed by atoms with Crippen molar-refractivity contribution in [2.24, 2.45) is 7.05 Å². The van der Waals surface area contributed by atoms with E-state index < -0.39 is 6.43 Å². The number of amides is 1. The highest BCUT2D eigenvalue weighted by atomic mass is 19.3. The molecule has 5 aromatic rings. The van der Waals surface area contributed by atoms with Crippen LogP contribution in [0.2, 0.25) is 0 Å². The molecule has 1 amide bonds. The third kappa shape index (κ3) is 4.96. The fourth-order valence-electron chi connectivity index (χ4n) is 4.42. The van der Waals surface area contributed by atoms with Gasteiger partial charge < -0.3 is 20.4 Å². The lowest BCUT2D eigenvalue weighted by Gasteiger charge is -2.15. The van der Waals surface area contributed by atoms with Crippen molar-refractivity contribution in [1.82, 2.24) is 24.5 Å². The minimum Gasteiger partial charge on any atom is -0.424 e. The molecule has 0 bridgehead atoms. The summed E-state index contributed by atoms with van der Waals surface area (Å²) in [5.74, 6) is 0.00944. The second kappa shape index (κ2) is 10.5. The van der Waals surface area contributed by atoms with Gasteiger partial charge in [-0.15, -0.1) is 0 Å². The fraction of sp³-hybridized carbons (Fsp3) is 0.138. The van der Waals surface area contributed by atoms with Crippen molar-refractivity contribution >= 4 is 28.4 Å². The maximum absolute atomic E-state index is 14.6. The molecule has 40 heavy (non-hydrogen) atoms. The minimum absolute atomic E-state index is 0.0512. The van der Waals surface area contributed by atoms with E-state index in [1.165, 1.54) is 18.6 Å². The highest BCUT2D eigenvalue weighted by Crippen LogP contribution is 2.45. The number of rotatable bonds is 7. The van der Waals surface area contributed by atoms with Gasteiger partial charge in [-0.1, -0.05) is 24.8 Å². The molecule has 0 atom stereocenters. The number of carbonyl (C=O) groups excluding carboxylic acids is 1. The van der Waals surface area contributed by atoms with Gasteiger partial charge in [0.05, 0.1) is 11.1 Å². The Balaban J connectivity index is 1.67. The van der Waals surface area contributed by atoms with Crippen LogP contribution in [0.25, 0.3) is 33.4 Å². The monoisotopic (exact) mass is 541 g/mol. The first-order chi connectivity index (χ1) is 19.1. The molecule has 0 aliphatic rings. The number of nitrogens with one attached hydrogen (secondary N) is 1. The number of halogens is 2. The van der Waals surface area contributed by atoms with Gasteiger partial charge in [-0.3, -0.25) is 4.79 Å². The molecule has 9 nitrogen and oxygen atoms in total. The summed E-state index contributed by atoms with van der Waals surface area (Å²) in [6.07, 6.45) is 0.0139. The Morgan fingerprint density at radius 3 is 2.52 bits per heavy atom. The number of ether oxygens (including phenoxy) is 1. The minimum atomic E-state index is -2.84. The Hall–Kier alpha value is -5.19. The van der Waals surface area contributed by atoms with E-state index in [9.17, 15) is 13.6 Å². The molecule has 0 aliphatic heterocycles. The van der Waals surface area contributed by atoms with Crippen LogP contribution < -0.4 is 15.8 Å². The van der Waals surface area contributed by atoms with Crippen LogP contribution in [-0.2, 0) is 11.8 Å². The van der Waals surface area contributed by atoms with E-state index >= 15 is 0 Å². The van der Waals surface area contributed by atoms with Crippen molar-refractivity contribution in [2.45, 2.75) is 20.3 Å². The third-order valence-corrected chi connectivity index (χ3v) is 6.31. The van der Waals surface area contributed by atoms with Crippen molar-refractivity contribution < 1.29 is 18.3 Å². The molecule has 0 aliphatic carbocycles. The van der Waals surface area contributed by atoms with E-state index in [0.717, 1.165) is 0 Å². The molecule has 0 radical (unpaired) electrons. The summed E-state index contributed by atoms with van der Waals surface area (Å²) in [6.45, 7) is 7.03. The molecule has 2 aromatic carbocycles. The number of hydrogen-bond donors (Lipinski definition) is 2. The van der Waals surface area contributed by atoms with Crippen molar-refractivity contribution in [3.63, 3.8) is 0 Å². The largest absolute Gasteiger partial charge is 0.424 e. The highest BCUT2D eigenvalue weighted by Gasteiger charge is 2.26. The Bertz CT molecular complexity index is 1770. The van der Waals surface area contributed by atoms with Crippen LogP contribution in [0.4, 0.5) is 20.3 Å². The first kappa shape index (κ1) is 26.4. The summed E-state index contributed by atoms with van der Waals surface area (Å²) in [6, 6.07) is 13.2. The van der Waals surface area contributed by atoms with Crippen molar-refractivity contribution in [1.29, 1.82) is 0 Å². The number of benzene rings is 2. The molecule has 0 saturated carbocycles. The van der Waals surface area contributed by atoms with E-state index in [2.05, 4.69) is 31.8 Å². The Labute approximate surface area is 228 Å². The summed E-state index contributed by atoms with van der Waals surface area (Å²) in [5.41, 5.74) is 10.1. The Morgan fingerprint density at radius 1 is 1.10 bits per heavy atom. The number of nitrogen functional groups attached to an aromatic ring is 1. The van der Waals surface area contributed by atoms with Crippen LogP contribution in [0.3, 0.4) is 0 Å². The van der Waals surface area contributed by atoms with Crippen molar-refractivity contribution in [2.75, 3.05) is 11.1 Å². The van der Waals surface area contributed by atoms with Gasteiger partial charge in [0.2, 0.25) is 0 Å². The number of anilines is 2. The number of carbonyl (C=O) groups is 1. The van der Waals surface area contributed by atoms with Gasteiger partial charge in [-0.05, 0) is 55.3 Å². The van der Waals surface area contributed by atoms with Crippen LogP contribution >= 0.6 is 0 Å². The maximum Gasteiger partial charge on any atom is 0.322 e. The van der Waals surface area contributed by atoms with E-state index in [1.54, 1.807) is 67.9 Å². The summed E-state index contributed by atoms with van der Waals surface area (Å²) in [7, 11) is 1.78. The average Bonchev–Trinajstić information content (AvgIpc) is 3.22. The van der Waals surface area contributed by atoms with Gasteiger partial charge in [0.15, 0.2) is 0 Å². The smallest absolute Gasteiger partial charge is 0.322 e.